The van der Waals surface area contributed by atoms with Crippen LogP contribution in [0.5, 0.6) is 0 Å². The van der Waals surface area contributed by atoms with E-state index < -0.39 is 0 Å². The maximum absolute atomic E-state index is 12.2. The first kappa shape index (κ1) is 16.8. The van der Waals surface area contributed by atoms with Gasteiger partial charge in [0.05, 0.1) is 6.04 Å². The van der Waals surface area contributed by atoms with Gasteiger partial charge in [-0.2, -0.15) is 0 Å². The van der Waals surface area contributed by atoms with Gasteiger partial charge in [-0.25, -0.2) is 0 Å². The van der Waals surface area contributed by atoms with Gasteiger partial charge < -0.3 is 5.32 Å². The first-order chi connectivity index (χ1) is 10.5. The van der Waals surface area contributed by atoms with E-state index in [1.54, 1.807) is 18.2 Å². The number of amides is 1. The van der Waals surface area contributed by atoms with Crippen molar-refractivity contribution in [2.75, 3.05) is 5.32 Å². The second-order valence-corrected chi connectivity index (χ2v) is 6.04. The van der Waals surface area contributed by atoms with Crippen molar-refractivity contribution in [2.45, 2.75) is 25.9 Å². The Kier molecular flexibility index (Phi) is 5.83. The first-order valence-corrected chi connectivity index (χ1v) is 7.79. The van der Waals surface area contributed by atoms with Crippen molar-refractivity contribution >= 4 is 34.8 Å². The van der Waals surface area contributed by atoms with Gasteiger partial charge in [-0.05, 0) is 37.6 Å². The third kappa shape index (κ3) is 4.73. The lowest BCUT2D eigenvalue weighted by molar-refractivity contribution is -0.117. The topological polar surface area (TPSA) is 41.1 Å². The minimum absolute atomic E-state index is 0.0740. The number of hydrogen-bond acceptors (Lipinski definition) is 2. The van der Waals surface area contributed by atoms with Crippen LogP contribution in [0.25, 0.3) is 0 Å². The van der Waals surface area contributed by atoms with E-state index in [-0.39, 0.29) is 18.0 Å². The lowest BCUT2D eigenvalue weighted by atomic mass is 10.1. The molecule has 0 heterocycles. The Morgan fingerprint density at radius 1 is 1.00 bits per heavy atom. The zero-order valence-corrected chi connectivity index (χ0v) is 13.9. The minimum Gasteiger partial charge on any atom is -0.325 e. The summed E-state index contributed by atoms with van der Waals surface area (Å²) in [5.41, 5.74) is 1.72. The molecule has 1 amide bonds. The normalized spacial score (nSPS) is 13.5. The average molecular weight is 337 g/mol. The number of halogens is 2. The maximum atomic E-state index is 12.2. The molecule has 3 nitrogen and oxygen atoms in total. The fourth-order valence-electron chi connectivity index (χ4n) is 2.17. The number of carbonyl (C=O) groups excluding carboxylic acids is 1. The summed E-state index contributed by atoms with van der Waals surface area (Å²) in [6.45, 7) is 3.84. The van der Waals surface area contributed by atoms with E-state index in [2.05, 4.69) is 10.6 Å². The molecule has 0 aliphatic carbocycles. The Labute approximate surface area is 140 Å². The molecule has 2 aromatic carbocycles. The Balaban J connectivity index is 1.97. The van der Waals surface area contributed by atoms with Gasteiger partial charge in [0.2, 0.25) is 5.91 Å². The highest BCUT2D eigenvalue weighted by molar-refractivity contribution is 6.35. The minimum atomic E-state index is -0.354. The second kappa shape index (κ2) is 7.63. The summed E-state index contributed by atoms with van der Waals surface area (Å²) in [7, 11) is 0. The smallest absolute Gasteiger partial charge is 0.241 e. The number of benzene rings is 2. The average Bonchev–Trinajstić information content (AvgIpc) is 2.46. The molecule has 2 atom stereocenters. The van der Waals surface area contributed by atoms with Crippen molar-refractivity contribution in [1.29, 1.82) is 0 Å². The number of anilines is 1. The van der Waals surface area contributed by atoms with Crippen molar-refractivity contribution in [3.8, 4) is 0 Å². The van der Waals surface area contributed by atoms with Crippen LogP contribution < -0.4 is 10.6 Å². The van der Waals surface area contributed by atoms with Gasteiger partial charge in [0.15, 0.2) is 0 Å². The Morgan fingerprint density at radius 3 is 2.18 bits per heavy atom. The molecule has 0 bridgehead atoms. The van der Waals surface area contributed by atoms with Crippen LogP contribution in [0.2, 0.25) is 10.0 Å². The zero-order valence-electron chi connectivity index (χ0n) is 12.4. The molecule has 5 heteroatoms. The summed E-state index contributed by atoms with van der Waals surface area (Å²) >= 11 is 11.9. The molecular weight excluding hydrogens is 319 g/mol. The Morgan fingerprint density at radius 2 is 1.59 bits per heavy atom. The molecule has 2 N–H and O–H groups in total. The molecule has 0 saturated heterocycles. The van der Waals surface area contributed by atoms with Crippen LogP contribution in [0.4, 0.5) is 5.69 Å². The largest absolute Gasteiger partial charge is 0.325 e. The molecule has 2 rings (SSSR count). The van der Waals surface area contributed by atoms with E-state index >= 15 is 0 Å². The van der Waals surface area contributed by atoms with Crippen molar-refractivity contribution < 1.29 is 4.79 Å². The predicted molar refractivity (Wildman–Crippen MR) is 92.5 cm³/mol. The van der Waals surface area contributed by atoms with E-state index in [1.165, 1.54) is 0 Å². The second-order valence-electron chi connectivity index (χ2n) is 5.17. The van der Waals surface area contributed by atoms with Crippen LogP contribution in [0.3, 0.4) is 0 Å². The summed E-state index contributed by atoms with van der Waals surface area (Å²) < 4.78 is 0. The summed E-state index contributed by atoms with van der Waals surface area (Å²) in [6.07, 6.45) is 0. The summed E-state index contributed by atoms with van der Waals surface area (Å²) in [5.74, 6) is -0.138. The van der Waals surface area contributed by atoms with E-state index in [0.29, 0.717) is 15.7 Å². The predicted octanol–water partition coefficient (Wildman–Crippen LogP) is 4.67. The zero-order chi connectivity index (χ0) is 16.1. The van der Waals surface area contributed by atoms with Gasteiger partial charge >= 0.3 is 0 Å². The van der Waals surface area contributed by atoms with Gasteiger partial charge in [0.25, 0.3) is 0 Å². The summed E-state index contributed by atoms with van der Waals surface area (Å²) in [6, 6.07) is 14.7. The van der Waals surface area contributed by atoms with Gasteiger partial charge in [-0.1, -0.05) is 53.5 Å². The van der Waals surface area contributed by atoms with Crippen molar-refractivity contribution in [3.63, 3.8) is 0 Å². The number of rotatable bonds is 5. The van der Waals surface area contributed by atoms with Crippen LogP contribution in [0.15, 0.2) is 48.5 Å². The molecule has 22 heavy (non-hydrogen) atoms. The van der Waals surface area contributed by atoms with Crippen LogP contribution in [0, 0.1) is 0 Å². The van der Waals surface area contributed by atoms with E-state index in [9.17, 15) is 4.79 Å². The molecule has 0 fully saturated rings. The monoisotopic (exact) mass is 336 g/mol. The molecule has 0 spiro atoms. The molecule has 0 radical (unpaired) electrons. The molecule has 2 aromatic rings. The maximum Gasteiger partial charge on any atom is 0.241 e. The van der Waals surface area contributed by atoms with Crippen molar-refractivity contribution in [2.24, 2.45) is 0 Å². The third-order valence-electron chi connectivity index (χ3n) is 3.32. The van der Waals surface area contributed by atoms with Gasteiger partial charge in [-0.15, -0.1) is 0 Å². The molecule has 116 valence electrons. The van der Waals surface area contributed by atoms with Gasteiger partial charge in [-0.3, -0.25) is 10.1 Å². The summed E-state index contributed by atoms with van der Waals surface area (Å²) in [5, 5.41) is 7.05. The van der Waals surface area contributed by atoms with Crippen LogP contribution in [-0.2, 0) is 4.79 Å². The highest BCUT2D eigenvalue weighted by Crippen LogP contribution is 2.22. The van der Waals surface area contributed by atoms with Crippen LogP contribution in [0.1, 0.15) is 25.5 Å². The molecule has 0 aliphatic heterocycles. The fourth-order valence-corrected chi connectivity index (χ4v) is 2.69. The van der Waals surface area contributed by atoms with Crippen molar-refractivity contribution in [3.05, 3.63) is 64.1 Å². The molecular formula is C17H18Cl2N2O. The lowest BCUT2D eigenvalue weighted by Crippen LogP contribution is -2.39. The van der Waals surface area contributed by atoms with Crippen LogP contribution >= 0.6 is 23.2 Å². The van der Waals surface area contributed by atoms with Gasteiger partial charge in [0.1, 0.15) is 0 Å². The molecule has 0 unspecified atom stereocenters. The Hall–Kier alpha value is -1.55. The highest BCUT2D eigenvalue weighted by atomic mass is 35.5. The highest BCUT2D eigenvalue weighted by Gasteiger charge is 2.16. The van der Waals surface area contributed by atoms with Gasteiger partial charge in [0, 0.05) is 21.8 Å². The fraction of sp³-hybridized carbons (Fsp3) is 0.235. The first-order valence-electron chi connectivity index (χ1n) is 7.03. The van der Waals surface area contributed by atoms with E-state index in [0.717, 1.165) is 5.56 Å². The van der Waals surface area contributed by atoms with E-state index in [1.807, 2.05) is 44.2 Å². The third-order valence-corrected chi connectivity index (χ3v) is 3.76. The van der Waals surface area contributed by atoms with Crippen molar-refractivity contribution in [1.82, 2.24) is 5.32 Å². The standard InChI is InChI=1S/C17H18Cl2N2O/c1-11(13-6-4-3-5-7-13)20-12(2)17(22)21-16-9-14(18)8-15(19)10-16/h3-12,20H,1-2H3,(H,21,22)/t11-,12-/m0/s1. The molecule has 0 aliphatic rings. The Bertz CT molecular complexity index is 626. The lowest BCUT2D eigenvalue weighted by Gasteiger charge is -2.20. The number of hydrogen-bond donors (Lipinski definition) is 2. The van der Waals surface area contributed by atoms with Crippen LogP contribution in [-0.4, -0.2) is 11.9 Å². The number of carbonyl (C=O) groups is 1. The SMILES string of the molecule is C[C@H](N[C@@H](C)c1ccccc1)C(=O)Nc1cc(Cl)cc(Cl)c1. The van der Waals surface area contributed by atoms with E-state index in [4.69, 9.17) is 23.2 Å². The summed E-state index contributed by atoms with van der Waals surface area (Å²) in [4.78, 5) is 12.2. The molecule has 0 aromatic heterocycles. The quantitative estimate of drug-likeness (QED) is 0.832. The molecule has 0 saturated carbocycles. The number of nitrogens with one attached hydrogen (secondary N) is 2.